The highest BCUT2D eigenvalue weighted by Crippen LogP contribution is 2.27. The van der Waals surface area contributed by atoms with Gasteiger partial charge in [-0.15, -0.1) is 0 Å². The Morgan fingerprint density at radius 2 is 2.10 bits per heavy atom. The maximum atomic E-state index is 12.8. The normalized spacial score (nSPS) is 21.3. The van der Waals surface area contributed by atoms with Gasteiger partial charge in [-0.25, -0.2) is 8.42 Å². The Morgan fingerprint density at radius 3 is 2.70 bits per heavy atom. The number of nitrogens with zero attached hydrogens (tertiary/aromatic N) is 3. The summed E-state index contributed by atoms with van der Waals surface area (Å²) in [4.78, 5) is 0.361. The third kappa shape index (κ3) is 2.75. The molecule has 0 radical (unpaired) electrons. The first-order chi connectivity index (χ1) is 9.37. The van der Waals surface area contributed by atoms with Crippen LogP contribution in [0.5, 0.6) is 0 Å². The number of rotatable bonds is 4. The van der Waals surface area contributed by atoms with Crippen LogP contribution in [0.2, 0.25) is 0 Å². The van der Waals surface area contributed by atoms with E-state index in [4.69, 9.17) is 5.73 Å². The number of hydrogen-bond donors (Lipinski definition) is 1. The maximum absolute atomic E-state index is 12.8. The Morgan fingerprint density at radius 1 is 1.40 bits per heavy atom. The Bertz CT molecular complexity index is 579. The standard InChI is InChI=1S/C13H24N4O2S/c1-10-5-4-7-16(9-10)20(18,19)13-11(2)15-17(8-6-14)12(13)3/h10H,4-9,14H2,1-3H3. The van der Waals surface area contributed by atoms with E-state index in [0.29, 0.717) is 48.4 Å². The SMILES string of the molecule is Cc1nn(CCN)c(C)c1S(=O)(=O)N1CCCC(C)C1. The van der Waals surface area contributed by atoms with E-state index in [9.17, 15) is 8.42 Å². The maximum Gasteiger partial charge on any atom is 0.246 e. The fourth-order valence-electron chi connectivity index (χ4n) is 2.89. The van der Waals surface area contributed by atoms with Crippen molar-refractivity contribution >= 4 is 10.0 Å². The zero-order chi connectivity index (χ0) is 14.9. The Hall–Kier alpha value is -0.920. The van der Waals surface area contributed by atoms with Crippen molar-refractivity contribution in [2.75, 3.05) is 19.6 Å². The molecule has 2 N–H and O–H groups in total. The van der Waals surface area contributed by atoms with E-state index in [1.807, 2.05) is 0 Å². The van der Waals surface area contributed by atoms with Crippen LogP contribution in [0.4, 0.5) is 0 Å². The molecular formula is C13H24N4O2S. The molecule has 1 unspecified atom stereocenters. The first-order valence-corrected chi connectivity index (χ1v) is 8.56. The summed E-state index contributed by atoms with van der Waals surface area (Å²) in [6.07, 6.45) is 2.02. The third-order valence-electron chi connectivity index (χ3n) is 3.87. The molecule has 0 aliphatic carbocycles. The third-order valence-corrected chi connectivity index (χ3v) is 5.99. The summed E-state index contributed by atoms with van der Waals surface area (Å²) < 4.78 is 29.0. The second kappa shape index (κ2) is 5.83. The van der Waals surface area contributed by atoms with Crippen LogP contribution in [0.25, 0.3) is 0 Å². The topological polar surface area (TPSA) is 81.2 Å². The minimum Gasteiger partial charge on any atom is -0.329 e. The number of piperidine rings is 1. The molecule has 6 nitrogen and oxygen atoms in total. The minimum absolute atomic E-state index is 0.361. The molecule has 2 heterocycles. The minimum atomic E-state index is -3.44. The number of nitrogens with two attached hydrogens (primary N) is 1. The van der Waals surface area contributed by atoms with Crippen molar-refractivity contribution in [3.05, 3.63) is 11.4 Å². The van der Waals surface area contributed by atoms with Gasteiger partial charge in [0.05, 0.1) is 17.9 Å². The molecule has 0 amide bonds. The number of aromatic nitrogens is 2. The highest BCUT2D eigenvalue weighted by atomic mass is 32.2. The first-order valence-electron chi connectivity index (χ1n) is 7.12. The molecule has 2 rings (SSSR count). The molecule has 0 saturated carbocycles. The molecular weight excluding hydrogens is 276 g/mol. The monoisotopic (exact) mass is 300 g/mol. The van der Waals surface area contributed by atoms with Gasteiger partial charge in [0.1, 0.15) is 4.90 Å². The van der Waals surface area contributed by atoms with Crippen molar-refractivity contribution in [2.24, 2.45) is 11.7 Å². The van der Waals surface area contributed by atoms with Gasteiger partial charge >= 0.3 is 0 Å². The Balaban J connectivity index is 2.39. The summed E-state index contributed by atoms with van der Waals surface area (Å²) in [7, 11) is -3.44. The molecule has 1 aromatic heterocycles. The van der Waals surface area contributed by atoms with Crippen LogP contribution in [-0.2, 0) is 16.6 Å². The van der Waals surface area contributed by atoms with E-state index in [-0.39, 0.29) is 0 Å². The lowest BCUT2D eigenvalue weighted by Crippen LogP contribution is -2.39. The van der Waals surface area contributed by atoms with E-state index in [1.165, 1.54) is 0 Å². The van der Waals surface area contributed by atoms with Gasteiger partial charge in [-0.05, 0) is 32.6 Å². The fraction of sp³-hybridized carbons (Fsp3) is 0.769. The van der Waals surface area contributed by atoms with Gasteiger partial charge in [0, 0.05) is 19.6 Å². The molecule has 114 valence electrons. The van der Waals surface area contributed by atoms with Gasteiger partial charge < -0.3 is 5.73 Å². The molecule has 1 aromatic rings. The number of sulfonamides is 1. The smallest absolute Gasteiger partial charge is 0.246 e. The molecule has 1 aliphatic rings. The summed E-state index contributed by atoms with van der Waals surface area (Å²) in [6, 6.07) is 0. The summed E-state index contributed by atoms with van der Waals surface area (Å²) in [5.41, 5.74) is 6.79. The van der Waals surface area contributed by atoms with Gasteiger partial charge in [-0.2, -0.15) is 9.40 Å². The summed E-state index contributed by atoms with van der Waals surface area (Å²) >= 11 is 0. The molecule has 0 spiro atoms. The van der Waals surface area contributed by atoms with Crippen LogP contribution in [-0.4, -0.2) is 42.1 Å². The van der Waals surface area contributed by atoms with Crippen molar-refractivity contribution in [1.29, 1.82) is 0 Å². The van der Waals surface area contributed by atoms with Gasteiger partial charge in [-0.3, -0.25) is 4.68 Å². The van der Waals surface area contributed by atoms with Crippen molar-refractivity contribution in [3.63, 3.8) is 0 Å². The predicted molar refractivity (Wildman–Crippen MR) is 77.9 cm³/mol. The Kier molecular flexibility index (Phi) is 4.51. The van der Waals surface area contributed by atoms with Gasteiger partial charge in [-0.1, -0.05) is 6.92 Å². The number of hydrogen-bond acceptors (Lipinski definition) is 4. The summed E-state index contributed by atoms with van der Waals surface area (Å²) in [6.45, 7) is 7.84. The highest BCUT2D eigenvalue weighted by Gasteiger charge is 2.33. The molecule has 0 aromatic carbocycles. The molecule has 0 bridgehead atoms. The average Bonchev–Trinajstić information content (AvgIpc) is 2.65. The Labute approximate surface area is 121 Å². The van der Waals surface area contributed by atoms with Gasteiger partial charge in [0.25, 0.3) is 0 Å². The first kappa shape index (κ1) is 15.5. The van der Waals surface area contributed by atoms with Crippen molar-refractivity contribution < 1.29 is 8.42 Å². The van der Waals surface area contributed by atoms with Gasteiger partial charge in [0.15, 0.2) is 0 Å². The lowest BCUT2D eigenvalue weighted by Gasteiger charge is -2.30. The van der Waals surface area contributed by atoms with E-state index < -0.39 is 10.0 Å². The van der Waals surface area contributed by atoms with E-state index in [2.05, 4.69) is 12.0 Å². The van der Waals surface area contributed by atoms with Crippen LogP contribution in [0.3, 0.4) is 0 Å². The van der Waals surface area contributed by atoms with Crippen LogP contribution in [0.15, 0.2) is 4.90 Å². The highest BCUT2D eigenvalue weighted by molar-refractivity contribution is 7.89. The van der Waals surface area contributed by atoms with Crippen LogP contribution >= 0.6 is 0 Å². The average molecular weight is 300 g/mol. The van der Waals surface area contributed by atoms with Crippen LogP contribution in [0, 0.1) is 19.8 Å². The lowest BCUT2D eigenvalue weighted by molar-refractivity contribution is 0.281. The molecule has 1 saturated heterocycles. The van der Waals surface area contributed by atoms with E-state index >= 15 is 0 Å². The largest absolute Gasteiger partial charge is 0.329 e. The summed E-state index contributed by atoms with van der Waals surface area (Å²) in [5.74, 6) is 0.415. The van der Waals surface area contributed by atoms with Crippen LogP contribution < -0.4 is 5.73 Å². The van der Waals surface area contributed by atoms with Crippen LogP contribution in [0.1, 0.15) is 31.2 Å². The lowest BCUT2D eigenvalue weighted by atomic mass is 10.0. The van der Waals surface area contributed by atoms with E-state index in [0.717, 1.165) is 12.8 Å². The van der Waals surface area contributed by atoms with Crippen molar-refractivity contribution in [3.8, 4) is 0 Å². The van der Waals surface area contributed by atoms with E-state index in [1.54, 1.807) is 22.8 Å². The summed E-state index contributed by atoms with van der Waals surface area (Å²) in [5, 5.41) is 4.31. The van der Waals surface area contributed by atoms with Crippen molar-refractivity contribution in [2.45, 2.75) is 45.1 Å². The molecule has 1 fully saturated rings. The molecule has 20 heavy (non-hydrogen) atoms. The molecule has 1 aliphatic heterocycles. The molecule has 7 heteroatoms. The van der Waals surface area contributed by atoms with Gasteiger partial charge in [0.2, 0.25) is 10.0 Å². The second-order valence-corrected chi connectivity index (χ2v) is 7.50. The predicted octanol–water partition coefficient (Wildman–Crippen LogP) is 0.879. The second-order valence-electron chi connectivity index (χ2n) is 5.62. The molecule has 1 atom stereocenters. The number of aryl methyl sites for hydroxylation is 1. The fourth-order valence-corrected chi connectivity index (χ4v) is 4.86. The zero-order valence-electron chi connectivity index (χ0n) is 12.5. The quantitative estimate of drug-likeness (QED) is 0.895. The zero-order valence-corrected chi connectivity index (χ0v) is 13.3. The van der Waals surface area contributed by atoms with Crippen molar-refractivity contribution in [1.82, 2.24) is 14.1 Å².